The SMILES string of the molecule is CC(=O)OCC/C=C/c1cccc(Cl)c1. The van der Waals surface area contributed by atoms with Crippen molar-refractivity contribution in [2.45, 2.75) is 13.3 Å². The molecule has 0 aliphatic rings. The molecule has 80 valence electrons. The number of hydrogen-bond acceptors (Lipinski definition) is 2. The Morgan fingerprint density at radius 1 is 1.53 bits per heavy atom. The molecule has 0 bridgehead atoms. The molecule has 0 fully saturated rings. The predicted octanol–water partition coefficient (Wildman–Crippen LogP) is 3.31. The molecule has 0 aromatic heterocycles. The van der Waals surface area contributed by atoms with Gasteiger partial charge in [-0.2, -0.15) is 0 Å². The van der Waals surface area contributed by atoms with Crippen molar-refractivity contribution in [3.05, 3.63) is 40.9 Å². The molecule has 3 heteroatoms. The van der Waals surface area contributed by atoms with Crippen LogP contribution in [0.15, 0.2) is 30.3 Å². The maximum atomic E-state index is 10.5. The third-order valence-electron chi connectivity index (χ3n) is 1.75. The first-order valence-corrected chi connectivity index (χ1v) is 5.12. The minimum absolute atomic E-state index is 0.244. The van der Waals surface area contributed by atoms with Crippen LogP contribution in [-0.4, -0.2) is 12.6 Å². The van der Waals surface area contributed by atoms with Crippen molar-refractivity contribution < 1.29 is 9.53 Å². The molecule has 0 atom stereocenters. The zero-order valence-corrected chi connectivity index (χ0v) is 9.33. The van der Waals surface area contributed by atoms with Crippen molar-refractivity contribution in [3.63, 3.8) is 0 Å². The van der Waals surface area contributed by atoms with Crippen molar-refractivity contribution >= 4 is 23.6 Å². The highest BCUT2D eigenvalue weighted by Gasteiger charge is 1.90. The van der Waals surface area contributed by atoms with Gasteiger partial charge in [0, 0.05) is 11.9 Å². The van der Waals surface area contributed by atoms with Crippen LogP contribution in [0.1, 0.15) is 18.9 Å². The summed E-state index contributed by atoms with van der Waals surface area (Å²) >= 11 is 5.82. The molecule has 15 heavy (non-hydrogen) atoms. The second-order valence-electron chi connectivity index (χ2n) is 3.09. The average Bonchev–Trinajstić information content (AvgIpc) is 2.17. The van der Waals surface area contributed by atoms with Gasteiger partial charge in [0.05, 0.1) is 6.61 Å². The van der Waals surface area contributed by atoms with E-state index >= 15 is 0 Å². The molecule has 1 rings (SSSR count). The normalized spacial score (nSPS) is 10.5. The largest absolute Gasteiger partial charge is 0.466 e. The smallest absolute Gasteiger partial charge is 0.302 e. The summed E-state index contributed by atoms with van der Waals surface area (Å²) in [4.78, 5) is 10.5. The minimum Gasteiger partial charge on any atom is -0.466 e. The van der Waals surface area contributed by atoms with Crippen molar-refractivity contribution in [3.8, 4) is 0 Å². The number of carbonyl (C=O) groups excluding carboxylic acids is 1. The molecule has 0 unspecified atom stereocenters. The third kappa shape index (κ3) is 5.23. The fourth-order valence-electron chi connectivity index (χ4n) is 1.10. The second kappa shape index (κ2) is 6.25. The van der Waals surface area contributed by atoms with E-state index in [4.69, 9.17) is 16.3 Å². The van der Waals surface area contributed by atoms with Gasteiger partial charge in [-0.25, -0.2) is 0 Å². The van der Waals surface area contributed by atoms with Crippen LogP contribution in [0, 0.1) is 0 Å². The first-order valence-electron chi connectivity index (χ1n) is 4.74. The number of rotatable bonds is 4. The van der Waals surface area contributed by atoms with E-state index in [1.54, 1.807) is 0 Å². The van der Waals surface area contributed by atoms with E-state index in [1.165, 1.54) is 6.92 Å². The van der Waals surface area contributed by atoms with Crippen molar-refractivity contribution in [1.82, 2.24) is 0 Å². The molecule has 1 aromatic carbocycles. The number of ether oxygens (including phenoxy) is 1. The van der Waals surface area contributed by atoms with E-state index < -0.39 is 0 Å². The van der Waals surface area contributed by atoms with Crippen molar-refractivity contribution in [1.29, 1.82) is 0 Å². The quantitative estimate of drug-likeness (QED) is 0.580. The summed E-state index contributed by atoms with van der Waals surface area (Å²) in [6.45, 7) is 1.83. The predicted molar refractivity (Wildman–Crippen MR) is 61.7 cm³/mol. The van der Waals surface area contributed by atoms with Crippen LogP contribution in [0.3, 0.4) is 0 Å². The Morgan fingerprint density at radius 3 is 3.00 bits per heavy atom. The van der Waals surface area contributed by atoms with Gasteiger partial charge in [-0.3, -0.25) is 4.79 Å². The number of halogens is 1. The molecule has 1 aromatic rings. The van der Waals surface area contributed by atoms with Gasteiger partial charge in [0.1, 0.15) is 0 Å². The number of esters is 1. The van der Waals surface area contributed by atoms with E-state index in [1.807, 2.05) is 36.4 Å². The van der Waals surface area contributed by atoms with Gasteiger partial charge in [0.2, 0.25) is 0 Å². The van der Waals surface area contributed by atoms with Crippen LogP contribution in [0.25, 0.3) is 6.08 Å². The highest BCUT2D eigenvalue weighted by molar-refractivity contribution is 6.30. The monoisotopic (exact) mass is 224 g/mol. The summed E-state index contributed by atoms with van der Waals surface area (Å²) in [7, 11) is 0. The van der Waals surface area contributed by atoms with Crippen molar-refractivity contribution in [2.24, 2.45) is 0 Å². The standard InChI is InChI=1S/C12H13ClO2/c1-10(14)15-8-3-2-5-11-6-4-7-12(13)9-11/h2,4-7,9H,3,8H2,1H3/b5-2+. The fourth-order valence-corrected chi connectivity index (χ4v) is 1.30. The second-order valence-corrected chi connectivity index (χ2v) is 3.52. The van der Waals surface area contributed by atoms with Crippen LogP contribution in [0.2, 0.25) is 5.02 Å². The summed E-state index contributed by atoms with van der Waals surface area (Å²) in [6.07, 6.45) is 4.62. The molecule has 0 radical (unpaired) electrons. The lowest BCUT2D eigenvalue weighted by Gasteiger charge is -1.97. The summed E-state index contributed by atoms with van der Waals surface area (Å²) in [5.74, 6) is -0.244. The molecular formula is C12H13ClO2. The topological polar surface area (TPSA) is 26.3 Å². The highest BCUT2D eigenvalue weighted by atomic mass is 35.5. The number of hydrogen-bond donors (Lipinski definition) is 0. The minimum atomic E-state index is -0.244. The summed E-state index contributed by atoms with van der Waals surface area (Å²) in [5.41, 5.74) is 1.05. The van der Waals surface area contributed by atoms with Gasteiger partial charge in [0.25, 0.3) is 0 Å². The van der Waals surface area contributed by atoms with E-state index in [-0.39, 0.29) is 5.97 Å². The van der Waals surface area contributed by atoms with Gasteiger partial charge in [-0.1, -0.05) is 35.9 Å². The zero-order valence-electron chi connectivity index (χ0n) is 8.57. The Balaban J connectivity index is 2.35. The highest BCUT2D eigenvalue weighted by Crippen LogP contribution is 2.11. The van der Waals surface area contributed by atoms with Gasteiger partial charge in [0.15, 0.2) is 0 Å². The number of carbonyl (C=O) groups is 1. The maximum Gasteiger partial charge on any atom is 0.302 e. The van der Waals surface area contributed by atoms with Crippen LogP contribution >= 0.6 is 11.6 Å². The van der Waals surface area contributed by atoms with Gasteiger partial charge in [-0.15, -0.1) is 0 Å². The summed E-state index contributed by atoms with van der Waals surface area (Å²) in [6, 6.07) is 7.57. The third-order valence-corrected chi connectivity index (χ3v) is 1.98. The zero-order chi connectivity index (χ0) is 11.1. The molecule has 0 spiro atoms. The van der Waals surface area contributed by atoms with Gasteiger partial charge < -0.3 is 4.74 Å². The Bertz CT molecular complexity index is 358. The van der Waals surface area contributed by atoms with Gasteiger partial charge in [-0.05, 0) is 24.1 Å². The molecule has 0 saturated heterocycles. The van der Waals surface area contributed by atoms with Crippen LogP contribution in [0.4, 0.5) is 0 Å². The Labute approximate surface area is 94.5 Å². The van der Waals surface area contributed by atoms with Crippen molar-refractivity contribution in [2.75, 3.05) is 6.61 Å². The maximum absolute atomic E-state index is 10.5. The lowest BCUT2D eigenvalue weighted by molar-refractivity contribution is -0.140. The van der Waals surface area contributed by atoms with Gasteiger partial charge >= 0.3 is 5.97 Å². The first kappa shape index (κ1) is 11.8. The molecule has 0 N–H and O–H groups in total. The molecule has 0 aliphatic carbocycles. The van der Waals surface area contributed by atoms with Crippen LogP contribution in [0.5, 0.6) is 0 Å². The summed E-state index contributed by atoms with van der Waals surface area (Å²) in [5, 5.41) is 0.720. The summed E-state index contributed by atoms with van der Waals surface area (Å²) < 4.78 is 4.79. The lowest BCUT2D eigenvalue weighted by atomic mass is 10.2. The van der Waals surface area contributed by atoms with E-state index in [9.17, 15) is 4.79 Å². The van der Waals surface area contributed by atoms with Crippen LogP contribution < -0.4 is 0 Å². The molecule has 0 amide bonds. The first-order chi connectivity index (χ1) is 7.18. The Hall–Kier alpha value is -1.28. The molecule has 2 nitrogen and oxygen atoms in total. The lowest BCUT2D eigenvalue weighted by Crippen LogP contribution is -1.98. The Morgan fingerprint density at radius 2 is 2.33 bits per heavy atom. The fraction of sp³-hybridized carbons (Fsp3) is 0.250. The average molecular weight is 225 g/mol. The number of benzene rings is 1. The van der Waals surface area contributed by atoms with E-state index in [0.717, 1.165) is 10.6 Å². The Kier molecular flexibility index (Phi) is 4.91. The molecule has 0 aliphatic heterocycles. The molecule has 0 heterocycles. The van der Waals surface area contributed by atoms with E-state index in [0.29, 0.717) is 13.0 Å². The van der Waals surface area contributed by atoms with E-state index in [2.05, 4.69) is 0 Å². The molecular weight excluding hydrogens is 212 g/mol. The van der Waals surface area contributed by atoms with Crippen LogP contribution in [-0.2, 0) is 9.53 Å². The molecule has 0 saturated carbocycles.